The molecule has 1 aliphatic heterocycles. The first-order valence-electron chi connectivity index (χ1n) is 6.69. The summed E-state index contributed by atoms with van der Waals surface area (Å²) in [6.07, 6.45) is 1.08. The molecule has 2 aromatic carbocycles. The highest BCUT2D eigenvalue weighted by molar-refractivity contribution is 9.10. The van der Waals surface area contributed by atoms with Crippen LogP contribution < -0.4 is 10.6 Å². The highest BCUT2D eigenvalue weighted by Gasteiger charge is 2.13. The Bertz CT molecular complexity index is 655. The Hall–Kier alpha value is -1.55. The van der Waals surface area contributed by atoms with Crippen LogP contribution in [0.3, 0.4) is 0 Å². The molecule has 0 amide bonds. The van der Waals surface area contributed by atoms with E-state index in [-0.39, 0.29) is 5.82 Å². The zero-order valence-corrected chi connectivity index (χ0v) is 12.8. The van der Waals surface area contributed by atoms with Crippen molar-refractivity contribution in [3.05, 3.63) is 57.3 Å². The fourth-order valence-electron chi connectivity index (χ4n) is 2.59. The van der Waals surface area contributed by atoms with Crippen molar-refractivity contribution in [3.8, 4) is 0 Å². The van der Waals surface area contributed by atoms with Crippen molar-refractivity contribution in [2.24, 2.45) is 0 Å². The van der Waals surface area contributed by atoms with Crippen molar-refractivity contribution in [2.45, 2.75) is 19.9 Å². The van der Waals surface area contributed by atoms with Crippen LogP contribution in [0.2, 0.25) is 0 Å². The van der Waals surface area contributed by atoms with Crippen molar-refractivity contribution in [1.29, 1.82) is 0 Å². The minimum atomic E-state index is -0.241. The lowest BCUT2D eigenvalue weighted by atomic mass is 10.1. The molecular formula is C16H16BrFN2. The topological polar surface area (TPSA) is 24.1 Å². The van der Waals surface area contributed by atoms with Crippen LogP contribution in [0.1, 0.15) is 16.7 Å². The second-order valence-corrected chi connectivity index (χ2v) is 5.92. The van der Waals surface area contributed by atoms with Crippen molar-refractivity contribution >= 4 is 27.3 Å². The summed E-state index contributed by atoms with van der Waals surface area (Å²) in [5.74, 6) is -0.241. The van der Waals surface area contributed by atoms with E-state index in [9.17, 15) is 4.39 Å². The first-order chi connectivity index (χ1) is 9.65. The lowest BCUT2D eigenvalue weighted by molar-refractivity contribution is 0.621. The second-order valence-electron chi connectivity index (χ2n) is 5.06. The molecule has 0 aromatic heterocycles. The van der Waals surface area contributed by atoms with E-state index in [1.807, 2.05) is 6.92 Å². The predicted molar refractivity (Wildman–Crippen MR) is 84.8 cm³/mol. The van der Waals surface area contributed by atoms with Gasteiger partial charge in [0.15, 0.2) is 0 Å². The van der Waals surface area contributed by atoms with Gasteiger partial charge in [-0.1, -0.05) is 18.2 Å². The molecule has 0 aliphatic carbocycles. The third-order valence-corrected chi connectivity index (χ3v) is 4.28. The molecule has 0 unspecified atom stereocenters. The monoisotopic (exact) mass is 334 g/mol. The first kappa shape index (κ1) is 13.4. The van der Waals surface area contributed by atoms with E-state index in [0.717, 1.165) is 24.2 Å². The van der Waals surface area contributed by atoms with Gasteiger partial charge >= 0.3 is 0 Å². The molecule has 0 bridgehead atoms. The van der Waals surface area contributed by atoms with Crippen molar-refractivity contribution in [3.63, 3.8) is 0 Å². The standard InChI is InChI=1S/C16H16BrFN2/c1-10-7-13(17)14(18)8-15(10)20-9-12-4-2-3-11-5-6-19-16(11)12/h2-4,7-8,19-20H,5-6,9H2,1H3. The number of anilines is 2. The number of hydrogen-bond acceptors (Lipinski definition) is 2. The molecule has 2 nitrogen and oxygen atoms in total. The van der Waals surface area contributed by atoms with E-state index in [1.54, 1.807) is 6.07 Å². The Morgan fingerprint density at radius 3 is 3.05 bits per heavy atom. The Kier molecular flexibility index (Phi) is 3.66. The van der Waals surface area contributed by atoms with Gasteiger partial charge in [-0.05, 0) is 58.1 Å². The summed E-state index contributed by atoms with van der Waals surface area (Å²) < 4.78 is 14.1. The Balaban J connectivity index is 1.81. The van der Waals surface area contributed by atoms with Crippen molar-refractivity contribution in [1.82, 2.24) is 0 Å². The number of halogens is 2. The molecule has 0 atom stereocenters. The van der Waals surface area contributed by atoms with Crippen LogP contribution in [0.15, 0.2) is 34.8 Å². The number of nitrogens with one attached hydrogen (secondary N) is 2. The maximum atomic E-state index is 13.6. The van der Waals surface area contributed by atoms with E-state index in [2.05, 4.69) is 44.8 Å². The van der Waals surface area contributed by atoms with Crippen LogP contribution in [0.4, 0.5) is 15.8 Å². The smallest absolute Gasteiger partial charge is 0.139 e. The van der Waals surface area contributed by atoms with Gasteiger partial charge in [-0.3, -0.25) is 0 Å². The van der Waals surface area contributed by atoms with Gasteiger partial charge in [-0.25, -0.2) is 4.39 Å². The lowest BCUT2D eigenvalue weighted by Crippen LogP contribution is -2.04. The van der Waals surface area contributed by atoms with Gasteiger partial charge in [0, 0.05) is 24.5 Å². The van der Waals surface area contributed by atoms with E-state index in [4.69, 9.17) is 0 Å². The SMILES string of the molecule is Cc1cc(Br)c(F)cc1NCc1cccc2c1NCC2. The molecule has 1 aliphatic rings. The number of fused-ring (bicyclic) bond motifs is 1. The minimum Gasteiger partial charge on any atom is -0.384 e. The fourth-order valence-corrected chi connectivity index (χ4v) is 3.04. The summed E-state index contributed by atoms with van der Waals surface area (Å²) in [5, 5.41) is 6.74. The summed E-state index contributed by atoms with van der Waals surface area (Å²) in [4.78, 5) is 0. The number of benzene rings is 2. The van der Waals surface area contributed by atoms with Crippen LogP contribution in [0.25, 0.3) is 0 Å². The fraction of sp³-hybridized carbons (Fsp3) is 0.250. The molecule has 104 valence electrons. The molecule has 0 fully saturated rings. The van der Waals surface area contributed by atoms with E-state index in [1.165, 1.54) is 22.9 Å². The highest BCUT2D eigenvalue weighted by atomic mass is 79.9. The molecule has 0 spiro atoms. The number of para-hydroxylation sites is 1. The maximum absolute atomic E-state index is 13.6. The van der Waals surface area contributed by atoms with E-state index in [0.29, 0.717) is 11.0 Å². The zero-order valence-electron chi connectivity index (χ0n) is 11.3. The van der Waals surface area contributed by atoms with Gasteiger partial charge in [0.2, 0.25) is 0 Å². The molecule has 4 heteroatoms. The molecule has 2 N–H and O–H groups in total. The lowest BCUT2D eigenvalue weighted by Gasteiger charge is -2.13. The molecule has 0 radical (unpaired) electrons. The molecule has 20 heavy (non-hydrogen) atoms. The van der Waals surface area contributed by atoms with Crippen LogP contribution in [0.5, 0.6) is 0 Å². The van der Waals surface area contributed by atoms with Crippen LogP contribution in [-0.2, 0) is 13.0 Å². The Labute approximate surface area is 126 Å². The predicted octanol–water partition coefficient (Wildman–Crippen LogP) is 4.48. The van der Waals surface area contributed by atoms with Crippen molar-refractivity contribution < 1.29 is 4.39 Å². The average Bonchev–Trinajstić information content (AvgIpc) is 2.90. The normalized spacial score (nSPS) is 12.9. The minimum absolute atomic E-state index is 0.241. The number of hydrogen-bond donors (Lipinski definition) is 2. The van der Waals surface area contributed by atoms with Crippen LogP contribution in [-0.4, -0.2) is 6.54 Å². The Morgan fingerprint density at radius 2 is 2.20 bits per heavy atom. The summed E-state index contributed by atoms with van der Waals surface area (Å²) in [7, 11) is 0. The molecule has 2 aromatic rings. The summed E-state index contributed by atoms with van der Waals surface area (Å²) >= 11 is 3.20. The molecular weight excluding hydrogens is 319 g/mol. The molecule has 0 saturated carbocycles. The Morgan fingerprint density at radius 1 is 1.35 bits per heavy atom. The first-order valence-corrected chi connectivity index (χ1v) is 7.48. The van der Waals surface area contributed by atoms with Gasteiger partial charge in [0.25, 0.3) is 0 Å². The summed E-state index contributed by atoms with van der Waals surface area (Å²) in [6.45, 7) is 3.66. The highest BCUT2D eigenvalue weighted by Crippen LogP contribution is 2.28. The summed E-state index contributed by atoms with van der Waals surface area (Å²) in [6, 6.07) is 9.68. The molecule has 1 heterocycles. The van der Waals surface area contributed by atoms with E-state index >= 15 is 0 Å². The van der Waals surface area contributed by atoms with Crippen molar-refractivity contribution in [2.75, 3.05) is 17.2 Å². The number of rotatable bonds is 3. The van der Waals surface area contributed by atoms with Gasteiger partial charge in [0.1, 0.15) is 5.82 Å². The third kappa shape index (κ3) is 2.52. The molecule has 3 rings (SSSR count). The average molecular weight is 335 g/mol. The third-order valence-electron chi connectivity index (χ3n) is 3.67. The largest absolute Gasteiger partial charge is 0.384 e. The molecule has 0 saturated heterocycles. The van der Waals surface area contributed by atoms with Gasteiger partial charge < -0.3 is 10.6 Å². The number of aryl methyl sites for hydroxylation is 1. The van der Waals surface area contributed by atoms with E-state index < -0.39 is 0 Å². The van der Waals surface area contributed by atoms with Gasteiger partial charge in [-0.15, -0.1) is 0 Å². The van der Waals surface area contributed by atoms with Gasteiger partial charge in [0.05, 0.1) is 4.47 Å². The zero-order chi connectivity index (χ0) is 14.1. The second kappa shape index (κ2) is 5.44. The summed E-state index contributed by atoms with van der Waals surface area (Å²) in [5.41, 5.74) is 5.68. The van der Waals surface area contributed by atoms with Crippen LogP contribution in [0, 0.1) is 12.7 Å². The van der Waals surface area contributed by atoms with Gasteiger partial charge in [-0.2, -0.15) is 0 Å². The quantitative estimate of drug-likeness (QED) is 0.864. The maximum Gasteiger partial charge on any atom is 0.139 e. The van der Waals surface area contributed by atoms with Crippen LogP contribution >= 0.6 is 15.9 Å².